The highest BCUT2D eigenvalue weighted by Crippen LogP contribution is 2.45. The highest BCUT2D eigenvalue weighted by molar-refractivity contribution is 6.31. The van der Waals surface area contributed by atoms with Gasteiger partial charge in [-0.2, -0.15) is 0 Å². The molecular weight excluding hydrogens is 501 g/mol. The van der Waals surface area contributed by atoms with Gasteiger partial charge >= 0.3 is 0 Å². The van der Waals surface area contributed by atoms with Gasteiger partial charge in [0.05, 0.1) is 23.7 Å². The predicted molar refractivity (Wildman–Crippen MR) is 141 cm³/mol. The minimum Gasteiger partial charge on any atom is -0.336 e. The molecule has 3 aromatic carbocycles. The molecule has 0 N–H and O–H groups in total. The van der Waals surface area contributed by atoms with Crippen LogP contribution in [0.1, 0.15) is 16.8 Å². The Balaban J connectivity index is 1.68. The van der Waals surface area contributed by atoms with Crippen LogP contribution in [0.4, 0.5) is 0 Å². The van der Waals surface area contributed by atoms with E-state index in [2.05, 4.69) is 27.3 Å². The Kier molecular flexibility index (Phi) is 5.29. The maximum absolute atomic E-state index is 7.58. The monoisotopic (exact) mass is 517 g/mol. The van der Waals surface area contributed by atoms with Crippen molar-refractivity contribution in [1.29, 1.82) is 0 Å². The topological polar surface area (TPSA) is 48.0 Å². The molecule has 5 nitrogen and oxygen atoms in total. The van der Waals surface area contributed by atoms with Crippen LogP contribution in [0.15, 0.2) is 91.6 Å². The van der Waals surface area contributed by atoms with Crippen molar-refractivity contribution >= 4 is 51.4 Å². The number of aryl methyl sites for hydroxylation is 1. The quantitative estimate of drug-likeness (QED) is 0.233. The summed E-state index contributed by atoms with van der Waals surface area (Å²) < 4.78 is 3.90. The third-order valence-electron chi connectivity index (χ3n) is 6.34. The van der Waals surface area contributed by atoms with Gasteiger partial charge in [-0.15, -0.1) is 21.8 Å². The second-order valence-corrected chi connectivity index (χ2v) is 9.85. The molecule has 0 fully saturated rings. The van der Waals surface area contributed by atoms with Gasteiger partial charge < -0.3 is 4.57 Å². The molecule has 1 atom stereocenters. The lowest BCUT2D eigenvalue weighted by Crippen LogP contribution is -2.25. The molecule has 0 amide bonds. The molecule has 0 bridgehead atoms. The molecule has 0 saturated carbocycles. The summed E-state index contributed by atoms with van der Waals surface area (Å²) in [5.41, 5.74) is 6.32. The first-order valence-corrected chi connectivity index (χ1v) is 12.0. The van der Waals surface area contributed by atoms with Crippen LogP contribution in [-0.4, -0.2) is 24.1 Å². The summed E-state index contributed by atoms with van der Waals surface area (Å²) in [6, 6.07) is 23.6. The van der Waals surface area contributed by atoms with Gasteiger partial charge in [-0.05, 0) is 64.7 Å². The zero-order valence-corrected chi connectivity index (χ0v) is 20.8. The van der Waals surface area contributed by atoms with Gasteiger partial charge in [-0.1, -0.05) is 53.5 Å². The molecule has 8 heteroatoms. The zero-order chi connectivity index (χ0) is 24.2. The second kappa shape index (κ2) is 8.38. The average molecular weight is 519 g/mol. The van der Waals surface area contributed by atoms with E-state index in [9.17, 15) is 0 Å². The lowest BCUT2D eigenvalue weighted by Gasteiger charge is -2.29. The molecule has 172 valence electrons. The second-order valence-electron chi connectivity index (χ2n) is 8.41. The van der Waals surface area contributed by atoms with E-state index in [1.165, 1.54) is 0 Å². The van der Waals surface area contributed by atoms with E-state index in [0.29, 0.717) is 10.0 Å². The van der Waals surface area contributed by atoms with Crippen molar-refractivity contribution in [2.75, 3.05) is 0 Å². The van der Waals surface area contributed by atoms with Gasteiger partial charge in [-0.3, -0.25) is 4.40 Å². The van der Waals surface area contributed by atoms with E-state index < -0.39 is 4.87 Å². The number of halogens is 3. The Labute approximate surface area is 216 Å². The molecule has 6 rings (SSSR count). The number of fused-ring (bicyclic) bond motifs is 3. The van der Waals surface area contributed by atoms with E-state index in [-0.39, 0.29) is 0 Å². The Morgan fingerprint density at radius 3 is 2.37 bits per heavy atom. The van der Waals surface area contributed by atoms with Gasteiger partial charge in [0.25, 0.3) is 0 Å². The number of hydrogen-bond acceptors (Lipinski definition) is 3. The molecule has 0 aliphatic carbocycles. The summed E-state index contributed by atoms with van der Waals surface area (Å²) in [5, 5.41) is 10.7. The number of benzene rings is 3. The number of rotatable bonds is 4. The zero-order valence-electron chi connectivity index (χ0n) is 18.5. The molecule has 0 spiro atoms. The predicted octanol–water partition coefficient (Wildman–Crippen LogP) is 7.12. The summed E-state index contributed by atoms with van der Waals surface area (Å²) in [6.45, 7) is 0. The molecule has 35 heavy (non-hydrogen) atoms. The van der Waals surface area contributed by atoms with E-state index >= 15 is 0 Å². The number of imidazole rings is 1. The smallest absolute Gasteiger partial charge is 0.161 e. The van der Waals surface area contributed by atoms with Crippen LogP contribution in [-0.2, 0) is 11.9 Å². The first-order chi connectivity index (χ1) is 16.9. The van der Waals surface area contributed by atoms with Crippen LogP contribution in [0.5, 0.6) is 0 Å². The van der Waals surface area contributed by atoms with Crippen molar-refractivity contribution < 1.29 is 0 Å². The Bertz CT molecular complexity index is 1700. The fraction of sp³-hybridized carbons (Fsp3) is 0.0741. The Morgan fingerprint density at radius 1 is 0.829 bits per heavy atom. The van der Waals surface area contributed by atoms with Crippen molar-refractivity contribution in [1.82, 2.24) is 24.1 Å². The van der Waals surface area contributed by atoms with E-state index in [0.717, 1.165) is 44.5 Å². The van der Waals surface area contributed by atoms with Gasteiger partial charge in [0.1, 0.15) is 11.2 Å². The number of aromatic nitrogens is 5. The number of hydrogen-bond donors (Lipinski definition) is 0. The molecule has 0 saturated heterocycles. The third-order valence-corrected chi connectivity index (χ3v) is 7.46. The van der Waals surface area contributed by atoms with E-state index in [1.54, 1.807) is 18.9 Å². The average Bonchev–Trinajstić information content (AvgIpc) is 3.52. The first-order valence-electron chi connectivity index (χ1n) is 10.9. The molecule has 6 aromatic rings. The van der Waals surface area contributed by atoms with Crippen LogP contribution >= 0.6 is 34.8 Å². The Morgan fingerprint density at radius 2 is 1.63 bits per heavy atom. The maximum Gasteiger partial charge on any atom is 0.161 e. The van der Waals surface area contributed by atoms with Gasteiger partial charge in [0.2, 0.25) is 0 Å². The first kappa shape index (κ1) is 22.1. The highest BCUT2D eigenvalue weighted by atomic mass is 35.5. The third kappa shape index (κ3) is 3.59. The number of alkyl halides is 1. The Hall–Kier alpha value is -3.38. The molecule has 3 heterocycles. The summed E-state index contributed by atoms with van der Waals surface area (Å²) >= 11 is 20.1. The van der Waals surface area contributed by atoms with Crippen molar-refractivity contribution in [2.24, 2.45) is 7.05 Å². The van der Waals surface area contributed by atoms with Crippen molar-refractivity contribution in [3.63, 3.8) is 0 Å². The maximum atomic E-state index is 7.58. The number of nitrogens with zero attached hydrogens (tertiary/aromatic N) is 5. The SMILES string of the molecule is Cn1cncc1C(Cl)(c1ccc(Cl)cc1)c1ccc2c(c1)c(-c1cccc(Cl)c1)cc1nncn12. The van der Waals surface area contributed by atoms with Gasteiger partial charge in [-0.25, -0.2) is 4.98 Å². The molecule has 0 radical (unpaired) electrons. The van der Waals surface area contributed by atoms with Gasteiger partial charge in [0, 0.05) is 22.5 Å². The fourth-order valence-corrected chi connectivity index (χ4v) is 5.38. The van der Waals surface area contributed by atoms with Gasteiger partial charge in [0.15, 0.2) is 5.65 Å². The summed E-state index contributed by atoms with van der Waals surface area (Å²) in [6.07, 6.45) is 5.27. The lowest BCUT2D eigenvalue weighted by molar-refractivity contribution is 0.746. The van der Waals surface area contributed by atoms with Crippen LogP contribution in [0.2, 0.25) is 10.0 Å². The van der Waals surface area contributed by atoms with Crippen molar-refractivity contribution in [3.05, 3.63) is 119 Å². The number of pyridine rings is 1. The van der Waals surface area contributed by atoms with Crippen molar-refractivity contribution in [3.8, 4) is 11.1 Å². The molecule has 0 aliphatic rings. The van der Waals surface area contributed by atoms with Crippen molar-refractivity contribution in [2.45, 2.75) is 4.87 Å². The standard InChI is InChI=1S/C27H18Cl3N5/c1-34-15-31-14-25(34)27(30,18-5-8-20(28)9-6-18)19-7-10-24-23(12-19)22(13-26-33-32-16-35(24)26)17-3-2-4-21(29)11-17/h2-16H,1H3. The molecule has 3 aromatic heterocycles. The normalized spacial score (nSPS) is 13.4. The summed E-state index contributed by atoms with van der Waals surface area (Å²) in [7, 11) is 1.94. The van der Waals surface area contributed by atoms with Crippen LogP contribution in [0.25, 0.3) is 27.7 Å². The lowest BCUT2D eigenvalue weighted by atomic mass is 9.86. The van der Waals surface area contributed by atoms with E-state index in [4.69, 9.17) is 34.8 Å². The van der Waals surface area contributed by atoms with Crippen LogP contribution in [0, 0.1) is 0 Å². The molecule has 1 unspecified atom stereocenters. The fourth-order valence-electron chi connectivity index (χ4n) is 4.64. The van der Waals surface area contributed by atoms with Crippen LogP contribution < -0.4 is 0 Å². The summed E-state index contributed by atoms with van der Waals surface area (Å²) in [4.78, 5) is 3.34. The van der Waals surface area contributed by atoms with Crippen LogP contribution in [0.3, 0.4) is 0 Å². The van der Waals surface area contributed by atoms with E-state index in [1.807, 2.05) is 76.7 Å². The minimum absolute atomic E-state index is 0.648. The highest BCUT2D eigenvalue weighted by Gasteiger charge is 2.37. The largest absolute Gasteiger partial charge is 0.336 e. The molecule has 0 aliphatic heterocycles. The molecular formula is C27H18Cl3N5. The summed E-state index contributed by atoms with van der Waals surface area (Å²) in [5.74, 6) is 0. The minimum atomic E-state index is -1.00.